The van der Waals surface area contributed by atoms with Gasteiger partial charge in [0.05, 0.1) is 5.69 Å². The molecular formula is C11H11NNaO5S+. The van der Waals surface area contributed by atoms with Gasteiger partial charge in [0.15, 0.2) is 0 Å². The normalized spacial score (nSPS) is 11.1. The Balaban J connectivity index is 0.00000180. The number of rotatable bonds is 2. The molecule has 0 saturated heterocycles. The molecule has 0 radical (unpaired) electrons. The average Bonchev–Trinajstić information content (AvgIpc) is 2.25. The van der Waals surface area contributed by atoms with Crippen LogP contribution in [0.3, 0.4) is 0 Å². The minimum Gasteiger partial charge on any atom is -0.423 e. The molecule has 1 aromatic heterocycles. The van der Waals surface area contributed by atoms with E-state index in [0.717, 1.165) is 5.56 Å². The molecule has 0 bridgehead atoms. The van der Waals surface area contributed by atoms with Gasteiger partial charge in [0, 0.05) is 24.6 Å². The van der Waals surface area contributed by atoms with E-state index in [9.17, 15) is 13.2 Å². The Labute approximate surface area is 132 Å². The second-order valence-electron chi connectivity index (χ2n) is 3.87. The maximum Gasteiger partial charge on any atom is 1.00 e. The van der Waals surface area contributed by atoms with Crippen LogP contribution in [0.15, 0.2) is 33.5 Å². The average molecular weight is 292 g/mol. The summed E-state index contributed by atoms with van der Waals surface area (Å²) in [6, 6.07) is 5.89. The fourth-order valence-corrected chi connectivity index (χ4v) is 2.02. The van der Waals surface area contributed by atoms with E-state index in [2.05, 4.69) is 0 Å². The van der Waals surface area contributed by atoms with Crippen molar-refractivity contribution >= 4 is 27.0 Å². The zero-order valence-corrected chi connectivity index (χ0v) is 13.6. The third-order valence-electron chi connectivity index (χ3n) is 2.64. The first kappa shape index (κ1) is 16.2. The molecule has 19 heavy (non-hydrogen) atoms. The van der Waals surface area contributed by atoms with Gasteiger partial charge in [0.2, 0.25) is 0 Å². The number of hydrogen-bond donors (Lipinski definition) is 1. The van der Waals surface area contributed by atoms with Gasteiger partial charge in [-0.15, -0.1) is 0 Å². The number of hydrogen-bond acceptors (Lipinski definition) is 4. The van der Waals surface area contributed by atoms with Gasteiger partial charge in [-0.3, -0.25) is 8.86 Å². The molecule has 1 heterocycles. The Hall–Kier alpha value is -0.860. The molecule has 0 amide bonds. The molecule has 2 rings (SSSR count). The Morgan fingerprint density at radius 1 is 1.26 bits per heavy atom. The number of fused-ring (bicyclic) bond motifs is 1. The van der Waals surface area contributed by atoms with Crippen molar-refractivity contribution in [3.8, 4) is 0 Å². The summed E-state index contributed by atoms with van der Waals surface area (Å²) in [7, 11) is -3.13. The van der Waals surface area contributed by atoms with Crippen LogP contribution in [0.2, 0.25) is 0 Å². The van der Waals surface area contributed by atoms with Crippen LogP contribution in [0, 0.1) is 6.92 Å². The van der Waals surface area contributed by atoms with Crippen molar-refractivity contribution < 1.29 is 46.9 Å². The maximum atomic E-state index is 11.2. The van der Waals surface area contributed by atoms with Crippen molar-refractivity contribution in [3.05, 3.63) is 40.2 Å². The van der Waals surface area contributed by atoms with Crippen LogP contribution in [0.4, 0.5) is 5.69 Å². The number of anilines is 1. The Kier molecular flexibility index (Phi) is 4.81. The van der Waals surface area contributed by atoms with Crippen LogP contribution in [0.5, 0.6) is 0 Å². The van der Waals surface area contributed by atoms with Crippen molar-refractivity contribution in [2.75, 3.05) is 11.4 Å². The summed E-state index contributed by atoms with van der Waals surface area (Å²) < 4.78 is 36.6. The number of aryl methyl sites for hydroxylation is 1. The van der Waals surface area contributed by atoms with E-state index >= 15 is 0 Å². The molecule has 0 spiro atoms. The van der Waals surface area contributed by atoms with Gasteiger partial charge < -0.3 is 4.42 Å². The van der Waals surface area contributed by atoms with Crippen molar-refractivity contribution in [1.29, 1.82) is 0 Å². The Bertz CT molecular complexity index is 768. The van der Waals surface area contributed by atoms with Crippen molar-refractivity contribution in [3.63, 3.8) is 0 Å². The summed E-state index contributed by atoms with van der Waals surface area (Å²) >= 11 is 0. The molecule has 6 nitrogen and oxygen atoms in total. The second-order valence-corrected chi connectivity index (χ2v) is 5.32. The largest absolute Gasteiger partial charge is 1.00 e. The summed E-state index contributed by atoms with van der Waals surface area (Å²) in [5.74, 6) is 0. The monoisotopic (exact) mass is 292 g/mol. The van der Waals surface area contributed by atoms with E-state index in [4.69, 9.17) is 8.97 Å². The Morgan fingerprint density at radius 2 is 1.89 bits per heavy atom. The van der Waals surface area contributed by atoms with Crippen molar-refractivity contribution in [2.45, 2.75) is 6.92 Å². The SMILES string of the molecule is Cc1cc(=O)oc2cc(N(C)S(=O)(=O)O)ccc12.[Na+]. The van der Waals surface area contributed by atoms with Gasteiger partial charge in [-0.1, -0.05) is 0 Å². The zero-order chi connectivity index (χ0) is 13.5. The quantitative estimate of drug-likeness (QED) is 0.407. The molecular weight excluding hydrogens is 281 g/mol. The van der Waals surface area contributed by atoms with Crippen LogP contribution in [-0.4, -0.2) is 20.0 Å². The molecule has 2 aromatic rings. The summed E-state index contributed by atoms with van der Waals surface area (Å²) in [5.41, 5.74) is 0.709. The van der Waals surface area contributed by atoms with Gasteiger partial charge in [-0.05, 0) is 24.6 Å². The number of nitrogens with zero attached hydrogens (tertiary/aromatic N) is 1. The molecule has 1 N–H and O–H groups in total. The predicted octanol–water partition coefficient (Wildman–Crippen LogP) is -1.66. The third-order valence-corrected chi connectivity index (χ3v) is 3.55. The van der Waals surface area contributed by atoms with E-state index in [1.54, 1.807) is 13.0 Å². The topological polar surface area (TPSA) is 87.8 Å². The van der Waals surface area contributed by atoms with E-state index in [-0.39, 0.29) is 40.8 Å². The first-order valence-electron chi connectivity index (χ1n) is 5.05. The minimum atomic E-state index is -4.33. The second kappa shape index (κ2) is 5.64. The van der Waals surface area contributed by atoms with Gasteiger partial charge in [0.25, 0.3) is 0 Å². The maximum absolute atomic E-state index is 11.2. The van der Waals surface area contributed by atoms with E-state index in [1.807, 2.05) is 0 Å². The standard InChI is InChI=1S/C11H11NO5S.Na/c1-7-5-11(13)17-10-6-8(3-4-9(7)10)12(2)18(14,15)16;/h3-6H,1-2H3,(H,14,15,16);/q;+1. The third kappa shape index (κ3) is 3.37. The van der Waals surface area contributed by atoms with Crippen molar-refractivity contribution in [1.82, 2.24) is 0 Å². The van der Waals surface area contributed by atoms with Gasteiger partial charge in [-0.2, -0.15) is 8.42 Å². The number of benzene rings is 1. The van der Waals surface area contributed by atoms with Crippen LogP contribution < -0.4 is 39.5 Å². The van der Waals surface area contributed by atoms with Gasteiger partial charge in [-0.25, -0.2) is 4.79 Å². The molecule has 96 valence electrons. The molecule has 0 atom stereocenters. The molecule has 0 saturated carbocycles. The molecule has 0 fully saturated rings. The molecule has 0 unspecified atom stereocenters. The first-order valence-corrected chi connectivity index (χ1v) is 6.44. The fraction of sp³-hybridized carbons (Fsp3) is 0.182. The minimum absolute atomic E-state index is 0. The van der Waals surface area contributed by atoms with Gasteiger partial charge >= 0.3 is 45.5 Å². The fourth-order valence-electron chi connectivity index (χ4n) is 1.64. The molecule has 0 aliphatic heterocycles. The van der Waals surface area contributed by atoms with E-state index < -0.39 is 15.9 Å². The van der Waals surface area contributed by atoms with E-state index in [0.29, 0.717) is 9.69 Å². The Morgan fingerprint density at radius 3 is 2.47 bits per heavy atom. The predicted molar refractivity (Wildman–Crippen MR) is 67.2 cm³/mol. The molecule has 0 aliphatic carbocycles. The van der Waals surface area contributed by atoms with Crippen LogP contribution in [-0.2, 0) is 10.3 Å². The first-order chi connectivity index (χ1) is 8.29. The van der Waals surface area contributed by atoms with Crippen molar-refractivity contribution in [2.24, 2.45) is 0 Å². The van der Waals surface area contributed by atoms with Crippen LogP contribution >= 0.6 is 0 Å². The summed E-state index contributed by atoms with van der Waals surface area (Å²) in [4.78, 5) is 11.2. The van der Waals surface area contributed by atoms with E-state index in [1.165, 1.54) is 25.2 Å². The van der Waals surface area contributed by atoms with Crippen LogP contribution in [0.1, 0.15) is 5.56 Å². The molecule has 8 heteroatoms. The smallest absolute Gasteiger partial charge is 0.423 e. The van der Waals surface area contributed by atoms with Gasteiger partial charge in [0.1, 0.15) is 5.58 Å². The van der Waals surface area contributed by atoms with Crippen LogP contribution in [0.25, 0.3) is 11.0 Å². The zero-order valence-electron chi connectivity index (χ0n) is 10.7. The molecule has 0 aliphatic rings. The summed E-state index contributed by atoms with van der Waals surface area (Å²) in [5, 5.41) is 0.710. The molecule has 1 aromatic carbocycles. The summed E-state index contributed by atoms with van der Waals surface area (Å²) in [6.07, 6.45) is 0. The summed E-state index contributed by atoms with van der Waals surface area (Å²) in [6.45, 7) is 1.76.